The molecule has 0 radical (unpaired) electrons. The maximum atomic E-state index is 12.4. The maximum Gasteiger partial charge on any atom is 0.402 e. The van der Waals surface area contributed by atoms with Gasteiger partial charge < -0.3 is 5.32 Å². The summed E-state index contributed by atoms with van der Waals surface area (Å²) in [5.41, 5.74) is 0. The summed E-state index contributed by atoms with van der Waals surface area (Å²) in [5, 5.41) is 3.00. The van der Waals surface area contributed by atoms with Gasteiger partial charge in [0, 0.05) is 12.1 Å². The van der Waals surface area contributed by atoms with E-state index in [0.29, 0.717) is 23.6 Å². The predicted molar refractivity (Wildman–Crippen MR) is 60.6 cm³/mol. The third-order valence-corrected chi connectivity index (χ3v) is 5.19. The van der Waals surface area contributed by atoms with Crippen molar-refractivity contribution < 1.29 is 21.6 Å². The van der Waals surface area contributed by atoms with Crippen LogP contribution in [-0.2, 0) is 10.0 Å². The van der Waals surface area contributed by atoms with Crippen molar-refractivity contribution in [1.29, 1.82) is 0 Å². The molecule has 8 heteroatoms. The highest BCUT2D eigenvalue weighted by molar-refractivity contribution is 7.89. The maximum absolute atomic E-state index is 12.4. The van der Waals surface area contributed by atoms with Crippen LogP contribution in [0.4, 0.5) is 13.2 Å². The minimum atomic E-state index is -4.47. The molecule has 0 amide bonds. The first-order chi connectivity index (χ1) is 8.28. The van der Waals surface area contributed by atoms with Crippen molar-refractivity contribution in [2.45, 2.75) is 43.9 Å². The molecule has 1 aliphatic heterocycles. The number of nitrogens with zero attached hydrogens (tertiary/aromatic N) is 1. The van der Waals surface area contributed by atoms with E-state index in [0.717, 1.165) is 13.0 Å². The molecule has 4 nitrogen and oxygen atoms in total. The van der Waals surface area contributed by atoms with Crippen molar-refractivity contribution >= 4 is 10.0 Å². The average Bonchev–Trinajstić information content (AvgIpc) is 2.93. The number of halogens is 3. The molecule has 1 N–H and O–H groups in total. The van der Waals surface area contributed by atoms with Gasteiger partial charge in [0.05, 0.1) is 5.75 Å². The molecule has 1 saturated carbocycles. The van der Waals surface area contributed by atoms with Crippen LogP contribution in [0.15, 0.2) is 0 Å². The van der Waals surface area contributed by atoms with Crippen molar-refractivity contribution in [3.63, 3.8) is 0 Å². The van der Waals surface area contributed by atoms with Crippen LogP contribution in [0.25, 0.3) is 0 Å². The number of rotatable bonds is 5. The van der Waals surface area contributed by atoms with Gasteiger partial charge in [0.25, 0.3) is 0 Å². The van der Waals surface area contributed by atoms with Crippen molar-refractivity contribution in [3.05, 3.63) is 0 Å². The van der Waals surface area contributed by atoms with Crippen LogP contribution in [0.2, 0.25) is 0 Å². The van der Waals surface area contributed by atoms with E-state index in [1.165, 1.54) is 0 Å². The second-order valence-corrected chi connectivity index (χ2v) is 6.93. The molecule has 0 aromatic rings. The summed E-state index contributed by atoms with van der Waals surface area (Å²) < 4.78 is 62.0. The predicted octanol–water partition coefficient (Wildman–Crippen LogP) is 1.09. The highest BCUT2D eigenvalue weighted by atomic mass is 32.2. The third-order valence-electron chi connectivity index (χ3n) is 3.22. The molecule has 1 heterocycles. The Morgan fingerprint density at radius 1 is 1.22 bits per heavy atom. The monoisotopic (exact) mass is 286 g/mol. The smallest absolute Gasteiger partial charge is 0.313 e. The Labute approximate surface area is 105 Å². The second kappa shape index (κ2) is 4.97. The first-order valence-corrected chi connectivity index (χ1v) is 7.68. The van der Waals surface area contributed by atoms with Crippen LogP contribution in [-0.4, -0.2) is 49.8 Å². The van der Waals surface area contributed by atoms with Gasteiger partial charge in [-0.3, -0.25) is 0 Å². The lowest BCUT2D eigenvalue weighted by atomic mass is 10.3. The Balaban J connectivity index is 2.03. The van der Waals surface area contributed by atoms with Gasteiger partial charge in [0.1, 0.15) is 6.54 Å². The first-order valence-electron chi connectivity index (χ1n) is 6.07. The lowest BCUT2D eigenvalue weighted by Crippen LogP contribution is -2.45. The van der Waals surface area contributed by atoms with Crippen LogP contribution in [0.5, 0.6) is 0 Å². The van der Waals surface area contributed by atoms with Crippen molar-refractivity contribution in [1.82, 2.24) is 9.62 Å². The molecular weight excluding hydrogens is 269 g/mol. The van der Waals surface area contributed by atoms with Gasteiger partial charge in [-0.05, 0) is 32.2 Å². The van der Waals surface area contributed by atoms with Crippen molar-refractivity contribution in [3.8, 4) is 0 Å². The van der Waals surface area contributed by atoms with Gasteiger partial charge in [-0.2, -0.15) is 17.5 Å². The standard InChI is InChI=1S/C10H17F3N2O2S/c11-10(12,13)7-15(9-3-4-9)18(16,17)6-8-2-1-5-14-8/h8-9,14H,1-7H2. The van der Waals surface area contributed by atoms with Gasteiger partial charge in [0.15, 0.2) is 0 Å². The van der Waals surface area contributed by atoms with E-state index in [1.807, 2.05) is 0 Å². The number of hydrogen-bond donors (Lipinski definition) is 1. The largest absolute Gasteiger partial charge is 0.402 e. The zero-order valence-corrected chi connectivity index (χ0v) is 10.7. The Hall–Kier alpha value is -0.340. The molecule has 1 atom stereocenters. The molecule has 2 fully saturated rings. The minimum Gasteiger partial charge on any atom is -0.313 e. The van der Waals surface area contributed by atoms with E-state index in [2.05, 4.69) is 5.32 Å². The van der Waals surface area contributed by atoms with E-state index < -0.39 is 28.8 Å². The minimum absolute atomic E-state index is 0.204. The highest BCUT2D eigenvalue weighted by Gasteiger charge is 2.44. The van der Waals surface area contributed by atoms with Crippen LogP contribution < -0.4 is 5.32 Å². The number of hydrogen-bond acceptors (Lipinski definition) is 3. The van der Waals surface area contributed by atoms with Crippen LogP contribution in [0.1, 0.15) is 25.7 Å². The molecule has 2 rings (SSSR count). The normalized spacial score (nSPS) is 25.9. The first kappa shape index (κ1) is 14.1. The average molecular weight is 286 g/mol. The van der Waals surface area contributed by atoms with E-state index in [4.69, 9.17) is 0 Å². The van der Waals surface area contributed by atoms with Crippen molar-refractivity contribution in [2.75, 3.05) is 18.8 Å². The molecule has 1 unspecified atom stereocenters. The van der Waals surface area contributed by atoms with Crippen molar-refractivity contribution in [2.24, 2.45) is 0 Å². The number of alkyl halides is 3. The quantitative estimate of drug-likeness (QED) is 0.823. The molecule has 1 saturated heterocycles. The molecule has 0 aromatic heterocycles. The van der Waals surface area contributed by atoms with Gasteiger partial charge >= 0.3 is 6.18 Å². The fourth-order valence-electron chi connectivity index (χ4n) is 2.24. The van der Waals surface area contributed by atoms with E-state index in [9.17, 15) is 21.6 Å². The summed E-state index contributed by atoms with van der Waals surface area (Å²) >= 11 is 0. The van der Waals surface area contributed by atoms with Gasteiger partial charge in [-0.1, -0.05) is 0 Å². The van der Waals surface area contributed by atoms with Gasteiger partial charge in [-0.15, -0.1) is 0 Å². The fourth-order valence-corrected chi connectivity index (χ4v) is 4.24. The highest BCUT2D eigenvalue weighted by Crippen LogP contribution is 2.33. The zero-order chi connectivity index (χ0) is 13.4. The molecular formula is C10H17F3N2O2S. The Kier molecular flexibility index (Phi) is 3.89. The summed E-state index contributed by atoms with van der Waals surface area (Å²) in [5.74, 6) is -0.223. The summed E-state index contributed by atoms with van der Waals surface area (Å²) in [6.45, 7) is -0.615. The zero-order valence-electron chi connectivity index (χ0n) is 9.91. The molecule has 0 bridgehead atoms. The molecule has 1 aliphatic carbocycles. The Morgan fingerprint density at radius 2 is 1.89 bits per heavy atom. The Morgan fingerprint density at radius 3 is 2.33 bits per heavy atom. The molecule has 18 heavy (non-hydrogen) atoms. The number of nitrogens with one attached hydrogen (secondary N) is 1. The molecule has 0 spiro atoms. The topological polar surface area (TPSA) is 49.4 Å². The third kappa shape index (κ3) is 3.83. The van der Waals surface area contributed by atoms with E-state index >= 15 is 0 Å². The lowest BCUT2D eigenvalue weighted by molar-refractivity contribution is -0.137. The second-order valence-electron chi connectivity index (χ2n) is 4.96. The molecule has 2 aliphatic rings. The van der Waals surface area contributed by atoms with Gasteiger partial charge in [0.2, 0.25) is 10.0 Å². The van der Waals surface area contributed by atoms with E-state index in [-0.39, 0.29) is 11.8 Å². The van der Waals surface area contributed by atoms with Crippen LogP contribution in [0.3, 0.4) is 0 Å². The van der Waals surface area contributed by atoms with E-state index in [1.54, 1.807) is 0 Å². The SMILES string of the molecule is O=S(=O)(CC1CCCN1)N(CC(F)(F)F)C1CC1. The summed E-state index contributed by atoms with van der Waals surface area (Å²) in [6.07, 6.45) is -1.81. The van der Waals surface area contributed by atoms with Crippen LogP contribution in [0, 0.1) is 0 Å². The summed E-state index contributed by atoms with van der Waals surface area (Å²) in [4.78, 5) is 0. The molecule has 0 aromatic carbocycles. The summed E-state index contributed by atoms with van der Waals surface area (Å²) in [6, 6.07) is -0.650. The Bertz CT molecular complexity index is 386. The van der Waals surface area contributed by atoms with Crippen LogP contribution >= 0.6 is 0 Å². The molecule has 106 valence electrons. The lowest BCUT2D eigenvalue weighted by Gasteiger charge is -2.24. The van der Waals surface area contributed by atoms with Gasteiger partial charge in [-0.25, -0.2) is 8.42 Å². The number of sulfonamides is 1. The summed E-state index contributed by atoms with van der Waals surface area (Å²) in [7, 11) is -3.82. The fraction of sp³-hybridized carbons (Fsp3) is 1.00.